The Morgan fingerprint density at radius 2 is 1.35 bits per heavy atom. The lowest BCUT2D eigenvalue weighted by Crippen LogP contribution is -2.66. The number of hydrogen-bond acceptors (Lipinski definition) is 18. The SMILES string of the molecule is CC1OC(OC2C(OC3C(CO)OC(OC4CCC5(C)C(=CCC6C5CCC5(C)C6CC6OC7(NCC(CO)CC7O)C(C)C65)C4)C(O)C3O)OC(C)C(O)C2O)C(O)C(O)C1O. The van der Waals surface area contributed by atoms with Crippen LogP contribution in [-0.4, -0.2) is 187 Å². The molecule has 0 bridgehead atoms. The molecule has 63 heavy (non-hydrogen) atoms. The molecule has 5 saturated heterocycles. The van der Waals surface area contributed by atoms with Crippen LogP contribution in [0.3, 0.4) is 0 Å². The van der Waals surface area contributed by atoms with Crippen LogP contribution in [0, 0.1) is 46.3 Å². The minimum Gasteiger partial charge on any atom is -0.396 e. The van der Waals surface area contributed by atoms with Crippen molar-refractivity contribution in [2.75, 3.05) is 19.8 Å². The Morgan fingerprint density at radius 3 is 2.05 bits per heavy atom. The van der Waals surface area contributed by atoms with Crippen molar-refractivity contribution in [2.45, 2.75) is 202 Å². The first-order chi connectivity index (χ1) is 29.9. The van der Waals surface area contributed by atoms with E-state index in [0.717, 1.165) is 32.1 Å². The van der Waals surface area contributed by atoms with Gasteiger partial charge >= 0.3 is 0 Å². The predicted molar refractivity (Wildman–Crippen MR) is 218 cm³/mol. The maximum absolute atomic E-state index is 11.5. The van der Waals surface area contributed by atoms with Crippen molar-refractivity contribution in [3.8, 4) is 0 Å². The highest BCUT2D eigenvalue weighted by Gasteiger charge is 2.70. The van der Waals surface area contributed by atoms with Crippen molar-refractivity contribution in [1.82, 2.24) is 5.32 Å². The van der Waals surface area contributed by atoms with Crippen LogP contribution in [0.1, 0.15) is 86.0 Å². The Labute approximate surface area is 368 Å². The average Bonchev–Trinajstić information content (AvgIpc) is 3.72. The summed E-state index contributed by atoms with van der Waals surface area (Å²) in [6.07, 6.45) is -13.5. The first-order valence-electron chi connectivity index (χ1n) is 23.6. The van der Waals surface area contributed by atoms with Crippen LogP contribution < -0.4 is 5.32 Å². The van der Waals surface area contributed by atoms with Gasteiger partial charge < -0.3 is 84.2 Å². The smallest absolute Gasteiger partial charge is 0.187 e. The van der Waals surface area contributed by atoms with Gasteiger partial charge in [-0.15, -0.1) is 0 Å². The molecule has 3 saturated carbocycles. The minimum atomic E-state index is -1.74. The molecule has 4 aliphatic carbocycles. The van der Waals surface area contributed by atoms with Crippen LogP contribution >= 0.6 is 0 Å². The lowest BCUT2D eigenvalue weighted by Gasteiger charge is -2.59. The summed E-state index contributed by atoms with van der Waals surface area (Å²) in [7, 11) is 0. The third kappa shape index (κ3) is 7.62. The van der Waals surface area contributed by atoms with Crippen LogP contribution in [-0.2, 0) is 33.2 Å². The predicted octanol–water partition coefficient (Wildman–Crippen LogP) is -1.24. The lowest BCUT2D eigenvalue weighted by atomic mass is 9.46. The zero-order valence-electron chi connectivity index (χ0n) is 37.0. The zero-order chi connectivity index (χ0) is 45.1. The number of allylic oxidation sites excluding steroid dienone is 1. The molecule has 9 rings (SSSR count). The van der Waals surface area contributed by atoms with Gasteiger partial charge in [-0.05, 0) is 106 Å². The molecule has 27 unspecified atom stereocenters. The molecule has 0 aromatic heterocycles. The van der Waals surface area contributed by atoms with Gasteiger partial charge in [-0.3, -0.25) is 5.32 Å². The highest BCUT2D eigenvalue weighted by molar-refractivity contribution is 5.27. The van der Waals surface area contributed by atoms with E-state index in [1.165, 1.54) is 19.4 Å². The standard InChI is InChI=1S/C45H73NO17/c1-18-30-27(63-45(18)29(49)12-21(16-47)15-46-45)14-26-24-7-6-22-13-23(8-10-43(22,4)25(24)9-11-44(26,30)5)59-41-37(56)35(54)38(28(17-48)60-41)61-42-39(34(53)32(51)20(3)58-42)62-40-36(55)33(52)31(50)19(2)57-40/h6,18-21,23-42,46-56H,7-17H2,1-5H3. The summed E-state index contributed by atoms with van der Waals surface area (Å²) in [6.45, 7) is 10.1. The number of ether oxygens (including phenoxy) is 7. The summed E-state index contributed by atoms with van der Waals surface area (Å²) < 4.78 is 42.8. The van der Waals surface area contributed by atoms with Gasteiger partial charge in [-0.2, -0.15) is 0 Å². The topological polar surface area (TPSA) is 279 Å². The molecule has 18 heteroatoms. The van der Waals surface area contributed by atoms with E-state index in [9.17, 15) is 51.1 Å². The molecule has 8 fully saturated rings. The van der Waals surface area contributed by atoms with Gasteiger partial charge in [0.1, 0.15) is 66.8 Å². The summed E-state index contributed by atoms with van der Waals surface area (Å²) in [6, 6.07) is 0. The lowest BCUT2D eigenvalue weighted by molar-refractivity contribution is -0.386. The van der Waals surface area contributed by atoms with Crippen LogP contribution in [0.2, 0.25) is 0 Å². The second-order valence-corrected chi connectivity index (χ2v) is 21.3. The first-order valence-corrected chi connectivity index (χ1v) is 23.6. The molecule has 18 nitrogen and oxygen atoms in total. The zero-order valence-corrected chi connectivity index (χ0v) is 37.0. The molecule has 0 aromatic carbocycles. The van der Waals surface area contributed by atoms with E-state index in [4.69, 9.17) is 33.2 Å². The van der Waals surface area contributed by atoms with Gasteiger partial charge in [0.15, 0.2) is 18.9 Å². The second-order valence-electron chi connectivity index (χ2n) is 21.3. The molecule has 27 atom stereocenters. The molecule has 0 amide bonds. The van der Waals surface area contributed by atoms with Gasteiger partial charge in [-0.25, -0.2) is 0 Å². The second kappa shape index (κ2) is 17.5. The number of aliphatic hydroxyl groups is 10. The molecular formula is C45H73NO17. The van der Waals surface area contributed by atoms with E-state index in [0.29, 0.717) is 49.5 Å². The highest BCUT2D eigenvalue weighted by Crippen LogP contribution is 2.70. The fourth-order valence-corrected chi connectivity index (χ4v) is 14.3. The van der Waals surface area contributed by atoms with Gasteiger partial charge in [0.25, 0.3) is 0 Å². The molecule has 0 aromatic rings. The van der Waals surface area contributed by atoms with Crippen molar-refractivity contribution in [3.05, 3.63) is 11.6 Å². The highest BCUT2D eigenvalue weighted by atomic mass is 16.8. The summed E-state index contributed by atoms with van der Waals surface area (Å²) in [5.74, 6) is 1.98. The Morgan fingerprint density at radius 1 is 0.698 bits per heavy atom. The van der Waals surface area contributed by atoms with E-state index < -0.39 is 111 Å². The maximum Gasteiger partial charge on any atom is 0.187 e. The van der Waals surface area contributed by atoms with E-state index in [2.05, 4.69) is 32.2 Å². The van der Waals surface area contributed by atoms with Crippen molar-refractivity contribution >= 4 is 0 Å². The molecule has 9 aliphatic rings. The van der Waals surface area contributed by atoms with E-state index in [1.54, 1.807) is 0 Å². The van der Waals surface area contributed by atoms with Crippen molar-refractivity contribution in [3.63, 3.8) is 0 Å². The summed E-state index contributed by atoms with van der Waals surface area (Å²) in [5, 5.41) is 111. The van der Waals surface area contributed by atoms with Crippen LogP contribution in [0.15, 0.2) is 11.6 Å². The number of nitrogens with one attached hydrogen (secondary N) is 1. The normalized spacial score (nSPS) is 58.1. The van der Waals surface area contributed by atoms with Crippen LogP contribution in [0.4, 0.5) is 0 Å². The number of aliphatic hydroxyl groups excluding tert-OH is 10. The van der Waals surface area contributed by atoms with Crippen molar-refractivity contribution in [2.24, 2.45) is 46.3 Å². The summed E-state index contributed by atoms with van der Waals surface area (Å²) in [4.78, 5) is 0. The molecule has 5 aliphatic heterocycles. The Hall–Kier alpha value is -0.980. The van der Waals surface area contributed by atoms with Gasteiger partial charge in [0.05, 0.1) is 37.1 Å². The molecule has 360 valence electrons. The molecular weight excluding hydrogens is 826 g/mol. The fraction of sp³-hybridized carbons (Fsp3) is 0.956. The van der Waals surface area contributed by atoms with E-state index >= 15 is 0 Å². The van der Waals surface area contributed by atoms with E-state index in [-0.39, 0.29) is 41.5 Å². The fourth-order valence-electron chi connectivity index (χ4n) is 14.3. The van der Waals surface area contributed by atoms with Gasteiger partial charge in [0.2, 0.25) is 0 Å². The Balaban J connectivity index is 0.842. The number of rotatable bonds is 8. The molecule has 1 spiro atoms. The Bertz CT molecular complexity index is 1660. The van der Waals surface area contributed by atoms with Crippen LogP contribution in [0.5, 0.6) is 0 Å². The van der Waals surface area contributed by atoms with E-state index in [1.807, 2.05) is 0 Å². The maximum atomic E-state index is 11.5. The Kier molecular flexibility index (Phi) is 13.1. The molecule has 11 N–H and O–H groups in total. The summed E-state index contributed by atoms with van der Waals surface area (Å²) in [5.41, 5.74) is 0.620. The quantitative estimate of drug-likeness (QED) is 0.127. The van der Waals surface area contributed by atoms with Crippen molar-refractivity contribution in [1.29, 1.82) is 0 Å². The average molecular weight is 900 g/mol. The van der Waals surface area contributed by atoms with Gasteiger partial charge in [0, 0.05) is 19.1 Å². The summed E-state index contributed by atoms with van der Waals surface area (Å²) >= 11 is 0. The number of hydrogen-bond donors (Lipinski definition) is 11. The first kappa shape index (κ1) is 47.1. The van der Waals surface area contributed by atoms with Gasteiger partial charge in [-0.1, -0.05) is 32.4 Å². The monoisotopic (exact) mass is 899 g/mol. The molecule has 5 heterocycles. The van der Waals surface area contributed by atoms with Crippen molar-refractivity contribution < 1.29 is 84.2 Å². The number of fused-ring (bicyclic) bond motifs is 7. The largest absolute Gasteiger partial charge is 0.396 e. The third-order valence-electron chi connectivity index (χ3n) is 18.0. The number of piperidine rings is 1. The minimum absolute atomic E-state index is 0.0243. The third-order valence-corrected chi connectivity index (χ3v) is 18.0. The molecule has 0 radical (unpaired) electrons. The van der Waals surface area contributed by atoms with Crippen LogP contribution in [0.25, 0.3) is 0 Å².